The van der Waals surface area contributed by atoms with Gasteiger partial charge in [0.1, 0.15) is 5.75 Å². The van der Waals surface area contributed by atoms with E-state index in [0.29, 0.717) is 24.4 Å². The predicted octanol–water partition coefficient (Wildman–Crippen LogP) is 2.08. The van der Waals surface area contributed by atoms with Gasteiger partial charge in [0, 0.05) is 31.7 Å². The minimum atomic E-state index is -0.0689. The maximum absolute atomic E-state index is 13.2. The van der Waals surface area contributed by atoms with E-state index in [1.165, 1.54) is 0 Å². The van der Waals surface area contributed by atoms with Gasteiger partial charge in [0.25, 0.3) is 5.91 Å². The van der Waals surface area contributed by atoms with Crippen molar-refractivity contribution in [3.8, 4) is 5.75 Å². The molecule has 1 aromatic rings. The molecule has 3 heterocycles. The van der Waals surface area contributed by atoms with E-state index in [1.807, 2.05) is 35.2 Å². The number of amides is 2. The van der Waals surface area contributed by atoms with Crippen LogP contribution in [0.2, 0.25) is 0 Å². The Kier molecular flexibility index (Phi) is 7.18. The SMILES string of the molecule is Cl.O=C(COc1ccccc1)N1CCCC(C(=O)N2C3CCNCC2CC3)C1. The first kappa shape index (κ1) is 20.9. The summed E-state index contributed by atoms with van der Waals surface area (Å²) in [7, 11) is 0. The van der Waals surface area contributed by atoms with Crippen molar-refractivity contribution in [3.63, 3.8) is 0 Å². The number of benzene rings is 1. The highest BCUT2D eigenvalue weighted by Gasteiger charge is 2.41. The van der Waals surface area contributed by atoms with Crippen LogP contribution in [0.25, 0.3) is 0 Å². The second kappa shape index (κ2) is 9.61. The number of rotatable bonds is 4. The van der Waals surface area contributed by atoms with Crippen molar-refractivity contribution in [2.75, 3.05) is 32.8 Å². The van der Waals surface area contributed by atoms with Gasteiger partial charge in [0.2, 0.25) is 5.91 Å². The molecule has 0 saturated carbocycles. The highest BCUT2D eigenvalue weighted by Crippen LogP contribution is 2.31. The normalized spacial score (nSPS) is 26.9. The molecule has 3 atom stereocenters. The minimum Gasteiger partial charge on any atom is -0.484 e. The van der Waals surface area contributed by atoms with Crippen LogP contribution in [-0.4, -0.2) is 66.5 Å². The molecule has 6 nitrogen and oxygen atoms in total. The number of ether oxygens (including phenoxy) is 1. The Morgan fingerprint density at radius 1 is 1.07 bits per heavy atom. The quantitative estimate of drug-likeness (QED) is 0.830. The molecule has 0 aliphatic carbocycles. The monoisotopic (exact) mass is 407 g/mol. The summed E-state index contributed by atoms with van der Waals surface area (Å²) >= 11 is 0. The van der Waals surface area contributed by atoms with Crippen LogP contribution in [0.4, 0.5) is 0 Å². The molecule has 0 radical (unpaired) electrons. The molecule has 0 aromatic heterocycles. The van der Waals surface area contributed by atoms with E-state index in [9.17, 15) is 9.59 Å². The Balaban J connectivity index is 0.00000225. The Morgan fingerprint density at radius 3 is 2.68 bits per heavy atom. The largest absolute Gasteiger partial charge is 0.484 e. The first-order valence-electron chi connectivity index (χ1n) is 10.2. The van der Waals surface area contributed by atoms with Crippen molar-refractivity contribution in [1.29, 1.82) is 0 Å². The number of para-hydroxylation sites is 1. The fraction of sp³-hybridized carbons (Fsp3) is 0.619. The fourth-order valence-corrected chi connectivity index (χ4v) is 4.71. The van der Waals surface area contributed by atoms with Gasteiger partial charge in [-0.05, 0) is 50.8 Å². The zero-order valence-corrected chi connectivity index (χ0v) is 17.0. The molecule has 3 unspecified atom stereocenters. The van der Waals surface area contributed by atoms with E-state index in [2.05, 4.69) is 10.2 Å². The van der Waals surface area contributed by atoms with Crippen molar-refractivity contribution in [3.05, 3.63) is 30.3 Å². The van der Waals surface area contributed by atoms with Gasteiger partial charge in [-0.3, -0.25) is 9.59 Å². The van der Waals surface area contributed by atoms with Gasteiger partial charge in [-0.25, -0.2) is 0 Å². The molecule has 4 rings (SSSR count). The van der Waals surface area contributed by atoms with Gasteiger partial charge in [-0.2, -0.15) is 0 Å². The zero-order chi connectivity index (χ0) is 18.6. The molecule has 1 aromatic carbocycles. The molecule has 3 aliphatic rings. The lowest BCUT2D eigenvalue weighted by Crippen LogP contribution is -2.51. The molecular weight excluding hydrogens is 378 g/mol. The summed E-state index contributed by atoms with van der Waals surface area (Å²) in [4.78, 5) is 29.8. The van der Waals surface area contributed by atoms with Gasteiger partial charge >= 0.3 is 0 Å². The lowest BCUT2D eigenvalue weighted by atomic mass is 9.95. The Bertz CT molecular complexity index is 658. The lowest BCUT2D eigenvalue weighted by Gasteiger charge is -2.37. The number of carbonyl (C=O) groups excluding carboxylic acids is 2. The van der Waals surface area contributed by atoms with E-state index in [-0.39, 0.29) is 36.7 Å². The summed E-state index contributed by atoms with van der Waals surface area (Å²) in [5.41, 5.74) is 0. The number of piperidine rings is 1. The van der Waals surface area contributed by atoms with Gasteiger partial charge < -0.3 is 19.9 Å². The highest BCUT2D eigenvalue weighted by atomic mass is 35.5. The third-order valence-corrected chi connectivity index (χ3v) is 6.14. The number of carbonyl (C=O) groups is 2. The van der Waals surface area contributed by atoms with Crippen molar-refractivity contribution in [1.82, 2.24) is 15.1 Å². The van der Waals surface area contributed by atoms with Crippen LogP contribution in [0.5, 0.6) is 5.75 Å². The summed E-state index contributed by atoms with van der Waals surface area (Å²) in [6, 6.07) is 10.1. The number of nitrogens with zero attached hydrogens (tertiary/aromatic N) is 2. The minimum absolute atomic E-state index is 0. The first-order valence-corrected chi connectivity index (χ1v) is 10.2. The summed E-state index contributed by atoms with van der Waals surface area (Å²) in [6.07, 6.45) is 5.03. The van der Waals surface area contributed by atoms with E-state index < -0.39 is 0 Å². The molecule has 0 spiro atoms. The van der Waals surface area contributed by atoms with Crippen LogP contribution < -0.4 is 10.1 Å². The molecule has 3 saturated heterocycles. The summed E-state index contributed by atoms with van der Waals surface area (Å²) < 4.78 is 5.60. The molecular formula is C21H30ClN3O3. The second-order valence-electron chi connectivity index (χ2n) is 7.90. The van der Waals surface area contributed by atoms with Crippen LogP contribution in [0.15, 0.2) is 30.3 Å². The van der Waals surface area contributed by atoms with Crippen LogP contribution in [0.1, 0.15) is 32.1 Å². The number of fused-ring (bicyclic) bond motifs is 2. The molecule has 1 N–H and O–H groups in total. The zero-order valence-electron chi connectivity index (χ0n) is 16.2. The molecule has 3 fully saturated rings. The summed E-state index contributed by atoms with van der Waals surface area (Å²) in [5.74, 6) is 0.856. The smallest absolute Gasteiger partial charge is 0.260 e. The fourth-order valence-electron chi connectivity index (χ4n) is 4.71. The topological polar surface area (TPSA) is 61.9 Å². The summed E-state index contributed by atoms with van der Waals surface area (Å²) in [6.45, 7) is 3.18. The number of nitrogens with one attached hydrogen (secondary N) is 1. The van der Waals surface area contributed by atoms with Gasteiger partial charge in [-0.15, -0.1) is 12.4 Å². The number of halogens is 1. The maximum Gasteiger partial charge on any atom is 0.260 e. The average molecular weight is 408 g/mol. The Labute approximate surface area is 173 Å². The number of hydrogen-bond donors (Lipinski definition) is 1. The average Bonchev–Trinajstić information content (AvgIpc) is 2.99. The second-order valence-corrected chi connectivity index (χ2v) is 7.90. The van der Waals surface area contributed by atoms with Gasteiger partial charge in [0.05, 0.1) is 5.92 Å². The van der Waals surface area contributed by atoms with E-state index in [4.69, 9.17) is 4.74 Å². The molecule has 7 heteroatoms. The maximum atomic E-state index is 13.2. The van der Waals surface area contributed by atoms with Gasteiger partial charge in [-0.1, -0.05) is 18.2 Å². The lowest BCUT2D eigenvalue weighted by molar-refractivity contribution is -0.143. The standard InChI is InChI=1S/C21H29N3O3.ClH/c25-20(15-27-19-6-2-1-3-7-19)23-12-4-5-16(14-23)21(26)24-17-8-9-18(24)13-22-11-10-17;/h1-3,6-7,16-18,22H,4-5,8-15H2;1H. The molecule has 2 amide bonds. The van der Waals surface area contributed by atoms with Crippen LogP contribution >= 0.6 is 12.4 Å². The van der Waals surface area contributed by atoms with Crippen molar-refractivity contribution in [2.24, 2.45) is 5.92 Å². The third kappa shape index (κ3) is 4.61. The first-order chi connectivity index (χ1) is 13.2. The number of hydrogen-bond acceptors (Lipinski definition) is 4. The summed E-state index contributed by atoms with van der Waals surface area (Å²) in [5, 5.41) is 3.45. The molecule has 3 aliphatic heterocycles. The van der Waals surface area contributed by atoms with E-state index >= 15 is 0 Å². The van der Waals surface area contributed by atoms with E-state index in [0.717, 1.165) is 51.7 Å². The predicted molar refractivity (Wildman–Crippen MR) is 110 cm³/mol. The third-order valence-electron chi connectivity index (χ3n) is 6.14. The van der Waals surface area contributed by atoms with Crippen LogP contribution in [0, 0.1) is 5.92 Å². The Hall–Kier alpha value is -1.79. The van der Waals surface area contributed by atoms with E-state index in [1.54, 1.807) is 0 Å². The van der Waals surface area contributed by atoms with Crippen molar-refractivity contribution >= 4 is 24.2 Å². The van der Waals surface area contributed by atoms with Crippen LogP contribution in [-0.2, 0) is 9.59 Å². The molecule has 28 heavy (non-hydrogen) atoms. The Morgan fingerprint density at radius 2 is 1.86 bits per heavy atom. The van der Waals surface area contributed by atoms with Crippen molar-refractivity contribution in [2.45, 2.75) is 44.2 Å². The highest BCUT2D eigenvalue weighted by molar-refractivity contribution is 5.85. The van der Waals surface area contributed by atoms with Gasteiger partial charge in [0.15, 0.2) is 6.61 Å². The van der Waals surface area contributed by atoms with Crippen LogP contribution in [0.3, 0.4) is 0 Å². The van der Waals surface area contributed by atoms with Crippen molar-refractivity contribution < 1.29 is 14.3 Å². The molecule has 2 bridgehead atoms. The molecule has 154 valence electrons. The number of likely N-dealkylation sites (tertiary alicyclic amines) is 1.